The van der Waals surface area contributed by atoms with Gasteiger partial charge in [0.2, 0.25) is 5.82 Å². The van der Waals surface area contributed by atoms with Gasteiger partial charge in [0.25, 0.3) is 11.9 Å². The van der Waals surface area contributed by atoms with E-state index >= 15 is 0 Å². The fourth-order valence-corrected chi connectivity index (χ4v) is 3.34. The maximum atomic E-state index is 12.7. The Morgan fingerprint density at radius 2 is 1.85 bits per heavy atom. The maximum absolute atomic E-state index is 12.7. The minimum Gasteiger partial charge on any atom is -0.373 e. The molecule has 1 saturated heterocycles. The molecule has 0 radical (unpaired) electrons. The molecule has 0 atom stereocenters. The van der Waals surface area contributed by atoms with Gasteiger partial charge in [0, 0.05) is 20.2 Å². The number of hydrogen-bond donors (Lipinski definition) is 1. The number of aromatic nitrogens is 6. The van der Waals surface area contributed by atoms with Crippen LogP contribution in [0, 0.1) is 0 Å². The first kappa shape index (κ1) is 16.4. The SMILES string of the molecule is COC1(c2ccccc2)CCN(C(=O)c2nc(-n3cnnc3)n[nH]2)CC1. The average molecular weight is 353 g/mol. The first-order chi connectivity index (χ1) is 12.7. The molecule has 4 rings (SSSR count). The molecule has 1 amide bonds. The van der Waals surface area contributed by atoms with Crippen LogP contribution in [0.25, 0.3) is 5.95 Å². The molecule has 134 valence electrons. The maximum Gasteiger partial charge on any atom is 0.291 e. The van der Waals surface area contributed by atoms with Gasteiger partial charge >= 0.3 is 0 Å². The summed E-state index contributed by atoms with van der Waals surface area (Å²) in [7, 11) is 1.73. The van der Waals surface area contributed by atoms with Crippen molar-refractivity contribution in [2.75, 3.05) is 20.2 Å². The number of amides is 1. The van der Waals surface area contributed by atoms with E-state index in [0.717, 1.165) is 18.4 Å². The fourth-order valence-electron chi connectivity index (χ4n) is 3.34. The van der Waals surface area contributed by atoms with Crippen LogP contribution in [0.3, 0.4) is 0 Å². The number of methoxy groups -OCH3 is 1. The van der Waals surface area contributed by atoms with Crippen molar-refractivity contribution in [1.82, 2.24) is 34.8 Å². The molecule has 2 aromatic heterocycles. The summed E-state index contributed by atoms with van der Waals surface area (Å²) >= 11 is 0. The highest BCUT2D eigenvalue weighted by atomic mass is 16.5. The van der Waals surface area contributed by atoms with Crippen LogP contribution in [0.15, 0.2) is 43.0 Å². The fraction of sp³-hybridized carbons (Fsp3) is 0.353. The highest BCUT2D eigenvalue weighted by molar-refractivity contribution is 5.90. The second kappa shape index (κ2) is 6.68. The Morgan fingerprint density at radius 1 is 1.15 bits per heavy atom. The van der Waals surface area contributed by atoms with Crippen molar-refractivity contribution in [3.63, 3.8) is 0 Å². The number of hydrogen-bond acceptors (Lipinski definition) is 6. The van der Waals surface area contributed by atoms with Crippen LogP contribution in [0.2, 0.25) is 0 Å². The zero-order valence-electron chi connectivity index (χ0n) is 14.4. The van der Waals surface area contributed by atoms with E-state index < -0.39 is 0 Å². The number of benzene rings is 1. The predicted octanol–water partition coefficient (Wildman–Crippen LogP) is 1.16. The summed E-state index contributed by atoms with van der Waals surface area (Å²) in [4.78, 5) is 18.7. The van der Waals surface area contributed by atoms with Crippen LogP contribution in [-0.4, -0.2) is 61.0 Å². The van der Waals surface area contributed by atoms with Crippen molar-refractivity contribution in [1.29, 1.82) is 0 Å². The Morgan fingerprint density at radius 3 is 2.50 bits per heavy atom. The van der Waals surface area contributed by atoms with E-state index in [-0.39, 0.29) is 17.3 Å². The Balaban J connectivity index is 1.47. The van der Waals surface area contributed by atoms with Crippen LogP contribution in [0.1, 0.15) is 29.0 Å². The highest BCUT2D eigenvalue weighted by Crippen LogP contribution is 2.36. The van der Waals surface area contributed by atoms with Gasteiger partial charge in [-0.15, -0.1) is 15.3 Å². The first-order valence-corrected chi connectivity index (χ1v) is 8.39. The minimum atomic E-state index is -0.354. The third-order valence-electron chi connectivity index (χ3n) is 4.87. The van der Waals surface area contributed by atoms with E-state index in [1.807, 2.05) is 18.2 Å². The number of nitrogens with zero attached hydrogens (tertiary/aromatic N) is 6. The molecule has 1 N–H and O–H groups in total. The Labute approximate surface area is 150 Å². The minimum absolute atomic E-state index is 0.172. The van der Waals surface area contributed by atoms with Crippen LogP contribution < -0.4 is 0 Å². The molecule has 0 unspecified atom stereocenters. The standard InChI is InChI=1S/C17H19N7O2/c1-26-17(13-5-3-2-4-6-13)7-9-23(10-8-17)15(25)14-20-16(22-21-14)24-11-18-19-12-24/h2-6,11-12H,7-10H2,1H3,(H,20,21,22). The zero-order valence-corrected chi connectivity index (χ0v) is 14.4. The van der Waals surface area contributed by atoms with Crippen molar-refractivity contribution in [2.45, 2.75) is 18.4 Å². The third-order valence-corrected chi connectivity index (χ3v) is 4.87. The largest absolute Gasteiger partial charge is 0.373 e. The van der Waals surface area contributed by atoms with Crippen LogP contribution in [-0.2, 0) is 10.3 Å². The molecule has 0 saturated carbocycles. The van der Waals surface area contributed by atoms with Gasteiger partial charge in [-0.3, -0.25) is 14.5 Å². The molecule has 3 aromatic rings. The summed E-state index contributed by atoms with van der Waals surface area (Å²) in [5.74, 6) is 0.374. The van der Waals surface area contributed by atoms with E-state index in [2.05, 4.69) is 37.5 Å². The molecule has 0 spiro atoms. The predicted molar refractivity (Wildman–Crippen MR) is 91.6 cm³/mol. The lowest BCUT2D eigenvalue weighted by molar-refractivity contribution is -0.0576. The molecule has 1 aliphatic rings. The Hall–Kier alpha value is -3.07. The van der Waals surface area contributed by atoms with E-state index in [4.69, 9.17) is 4.74 Å². The van der Waals surface area contributed by atoms with Crippen molar-refractivity contribution in [2.24, 2.45) is 0 Å². The topological polar surface area (TPSA) is 102 Å². The number of H-pyrrole nitrogens is 1. The molecule has 9 nitrogen and oxygen atoms in total. The van der Waals surface area contributed by atoms with E-state index in [1.165, 1.54) is 17.2 Å². The van der Waals surface area contributed by atoms with Gasteiger partial charge < -0.3 is 9.64 Å². The van der Waals surface area contributed by atoms with Crippen LogP contribution >= 0.6 is 0 Å². The van der Waals surface area contributed by atoms with Crippen LogP contribution in [0.4, 0.5) is 0 Å². The van der Waals surface area contributed by atoms with Crippen molar-refractivity contribution in [3.8, 4) is 5.95 Å². The monoisotopic (exact) mass is 353 g/mol. The molecule has 9 heteroatoms. The van der Waals surface area contributed by atoms with Gasteiger partial charge in [0.15, 0.2) is 0 Å². The van der Waals surface area contributed by atoms with Crippen molar-refractivity contribution in [3.05, 3.63) is 54.4 Å². The number of likely N-dealkylation sites (tertiary alicyclic amines) is 1. The van der Waals surface area contributed by atoms with E-state index in [9.17, 15) is 4.79 Å². The summed E-state index contributed by atoms with van der Waals surface area (Å²) in [6.07, 6.45) is 4.41. The number of nitrogens with one attached hydrogen (secondary N) is 1. The van der Waals surface area contributed by atoms with Crippen LogP contribution in [0.5, 0.6) is 0 Å². The zero-order chi connectivity index (χ0) is 18.0. The highest BCUT2D eigenvalue weighted by Gasteiger charge is 2.38. The number of rotatable bonds is 4. The van der Waals surface area contributed by atoms with Gasteiger partial charge in [-0.25, -0.2) is 0 Å². The van der Waals surface area contributed by atoms with Gasteiger partial charge in [0.1, 0.15) is 12.7 Å². The van der Waals surface area contributed by atoms with E-state index in [0.29, 0.717) is 19.0 Å². The first-order valence-electron chi connectivity index (χ1n) is 8.39. The second-order valence-electron chi connectivity index (χ2n) is 6.21. The molecule has 1 fully saturated rings. The Kier molecular flexibility index (Phi) is 4.21. The molecule has 26 heavy (non-hydrogen) atoms. The summed E-state index contributed by atoms with van der Waals surface area (Å²) < 4.78 is 7.40. The van der Waals surface area contributed by atoms with Crippen molar-refractivity contribution < 1.29 is 9.53 Å². The second-order valence-corrected chi connectivity index (χ2v) is 6.21. The molecular formula is C17H19N7O2. The smallest absolute Gasteiger partial charge is 0.291 e. The number of ether oxygens (including phenoxy) is 1. The molecule has 1 aliphatic heterocycles. The molecule has 1 aromatic carbocycles. The normalized spacial score (nSPS) is 16.6. The molecule has 0 bridgehead atoms. The summed E-state index contributed by atoms with van der Waals surface area (Å²) in [6, 6.07) is 10.2. The number of aromatic amines is 1. The van der Waals surface area contributed by atoms with Gasteiger partial charge in [0.05, 0.1) is 5.60 Å². The van der Waals surface area contributed by atoms with Gasteiger partial charge in [-0.2, -0.15) is 4.98 Å². The lowest BCUT2D eigenvalue weighted by Crippen LogP contribution is -2.46. The summed E-state index contributed by atoms with van der Waals surface area (Å²) in [5, 5.41) is 14.2. The average Bonchev–Trinajstić information content (AvgIpc) is 3.40. The lowest BCUT2D eigenvalue weighted by Gasteiger charge is -2.41. The third kappa shape index (κ3) is 2.86. The number of piperidine rings is 1. The summed E-state index contributed by atoms with van der Waals surface area (Å²) in [6.45, 7) is 1.18. The lowest BCUT2D eigenvalue weighted by atomic mass is 9.84. The van der Waals surface area contributed by atoms with Crippen molar-refractivity contribution >= 4 is 5.91 Å². The summed E-state index contributed by atoms with van der Waals surface area (Å²) in [5.41, 5.74) is 0.789. The molecular weight excluding hydrogens is 334 g/mol. The number of carbonyl (C=O) groups is 1. The molecule has 3 heterocycles. The number of carbonyl (C=O) groups excluding carboxylic acids is 1. The van der Waals surface area contributed by atoms with Gasteiger partial charge in [-0.05, 0) is 18.4 Å². The van der Waals surface area contributed by atoms with Gasteiger partial charge in [-0.1, -0.05) is 30.3 Å². The Bertz CT molecular complexity index is 868. The quantitative estimate of drug-likeness (QED) is 0.755. The van der Waals surface area contributed by atoms with E-state index in [1.54, 1.807) is 12.0 Å². The molecule has 0 aliphatic carbocycles.